The highest BCUT2D eigenvalue weighted by molar-refractivity contribution is 6.32. The number of nitro groups is 1. The molecule has 2 heterocycles. The van der Waals surface area contributed by atoms with Gasteiger partial charge in [0.1, 0.15) is 17.9 Å². The third kappa shape index (κ3) is 3.98. The number of nitrogens with zero attached hydrogens (tertiary/aromatic N) is 5. The van der Waals surface area contributed by atoms with Crippen LogP contribution in [-0.4, -0.2) is 24.5 Å². The van der Waals surface area contributed by atoms with Gasteiger partial charge in [0.25, 0.3) is 11.5 Å². The van der Waals surface area contributed by atoms with E-state index in [4.69, 9.17) is 16.3 Å². The van der Waals surface area contributed by atoms with Gasteiger partial charge < -0.3 is 10.1 Å². The van der Waals surface area contributed by atoms with Crippen LogP contribution < -0.4 is 10.1 Å². The summed E-state index contributed by atoms with van der Waals surface area (Å²) in [6, 6.07) is 10.0. The minimum atomic E-state index is -0.597. The number of hydrogen-bond donors (Lipinski definition) is 1. The van der Waals surface area contributed by atoms with Crippen LogP contribution in [-0.2, 0) is 6.54 Å². The lowest BCUT2D eigenvalue weighted by atomic mass is 10.2. The number of aromatic nitrogens is 4. The van der Waals surface area contributed by atoms with E-state index >= 15 is 0 Å². The molecule has 0 bridgehead atoms. The number of benzene rings is 2. The number of non-ortho nitro benzene ring substituents is 1. The molecule has 152 valence electrons. The third-order valence-corrected chi connectivity index (χ3v) is 4.49. The van der Waals surface area contributed by atoms with Crippen molar-refractivity contribution in [3.05, 3.63) is 81.0 Å². The van der Waals surface area contributed by atoms with E-state index in [9.17, 15) is 14.5 Å². The van der Waals surface area contributed by atoms with E-state index in [1.54, 1.807) is 10.6 Å². The van der Waals surface area contributed by atoms with Crippen LogP contribution in [0.1, 0.15) is 11.3 Å². The quantitative estimate of drug-likeness (QED) is 0.355. The van der Waals surface area contributed by atoms with E-state index in [0.29, 0.717) is 23.7 Å². The van der Waals surface area contributed by atoms with Gasteiger partial charge in [0.05, 0.1) is 9.95 Å². The Hall–Kier alpha value is -3.79. The van der Waals surface area contributed by atoms with Crippen molar-refractivity contribution in [2.24, 2.45) is 0 Å². The van der Waals surface area contributed by atoms with E-state index in [2.05, 4.69) is 20.4 Å². The van der Waals surface area contributed by atoms with Crippen LogP contribution in [0.5, 0.6) is 11.5 Å². The number of halogens is 2. The Bertz CT molecular complexity index is 1260. The SMILES string of the molecule is Cc1cc(NCc2ccc(Oc3ccc([N+](=O)[O-])cc3Cl)c(F)c2)n2ncnc2n1. The first-order chi connectivity index (χ1) is 14.4. The number of fused-ring (bicyclic) bond motifs is 1. The number of nitro benzene ring substituents is 1. The summed E-state index contributed by atoms with van der Waals surface area (Å²) in [5.74, 6) is 0.613. The minimum Gasteiger partial charge on any atom is -0.453 e. The van der Waals surface area contributed by atoms with Crippen molar-refractivity contribution < 1.29 is 14.1 Å². The summed E-state index contributed by atoms with van der Waals surface area (Å²) in [4.78, 5) is 18.5. The molecule has 0 aliphatic rings. The molecule has 4 rings (SSSR count). The van der Waals surface area contributed by atoms with Crippen LogP contribution in [0.4, 0.5) is 15.9 Å². The summed E-state index contributed by atoms with van der Waals surface area (Å²) >= 11 is 6.00. The van der Waals surface area contributed by atoms with Gasteiger partial charge in [0, 0.05) is 30.4 Å². The molecule has 0 amide bonds. The first-order valence-corrected chi connectivity index (χ1v) is 9.10. The highest BCUT2D eigenvalue weighted by Crippen LogP contribution is 2.33. The molecule has 0 saturated heterocycles. The number of rotatable bonds is 6. The van der Waals surface area contributed by atoms with Crippen molar-refractivity contribution in [3.63, 3.8) is 0 Å². The lowest BCUT2D eigenvalue weighted by Gasteiger charge is -2.11. The fraction of sp³-hybridized carbons (Fsp3) is 0.105. The largest absolute Gasteiger partial charge is 0.453 e. The van der Waals surface area contributed by atoms with Gasteiger partial charge in [0.15, 0.2) is 11.6 Å². The molecule has 30 heavy (non-hydrogen) atoms. The highest BCUT2D eigenvalue weighted by Gasteiger charge is 2.13. The zero-order chi connectivity index (χ0) is 21.3. The molecule has 11 heteroatoms. The number of aryl methyl sites for hydroxylation is 1. The van der Waals surface area contributed by atoms with Gasteiger partial charge in [-0.15, -0.1) is 0 Å². The van der Waals surface area contributed by atoms with Crippen LogP contribution in [0.25, 0.3) is 5.78 Å². The molecular weight excluding hydrogens is 415 g/mol. The number of ether oxygens (including phenoxy) is 1. The molecule has 0 saturated carbocycles. The zero-order valence-electron chi connectivity index (χ0n) is 15.5. The summed E-state index contributed by atoms with van der Waals surface area (Å²) in [7, 11) is 0. The van der Waals surface area contributed by atoms with Gasteiger partial charge in [-0.1, -0.05) is 17.7 Å². The molecule has 2 aromatic heterocycles. The molecule has 2 aromatic carbocycles. The fourth-order valence-electron chi connectivity index (χ4n) is 2.79. The van der Waals surface area contributed by atoms with Crippen molar-refractivity contribution in [2.75, 3.05) is 5.32 Å². The molecule has 0 aliphatic heterocycles. The van der Waals surface area contributed by atoms with Crippen molar-refractivity contribution >= 4 is 28.9 Å². The number of anilines is 1. The van der Waals surface area contributed by atoms with Crippen LogP contribution in [0.2, 0.25) is 5.02 Å². The first-order valence-electron chi connectivity index (χ1n) is 8.72. The van der Waals surface area contributed by atoms with Gasteiger partial charge >= 0.3 is 0 Å². The smallest absolute Gasteiger partial charge is 0.271 e. The van der Waals surface area contributed by atoms with E-state index in [1.807, 2.05) is 13.0 Å². The molecular formula is C19H14ClFN6O3. The second kappa shape index (κ2) is 7.91. The Kier molecular flexibility index (Phi) is 5.15. The second-order valence-corrected chi connectivity index (χ2v) is 6.75. The maximum absolute atomic E-state index is 14.5. The van der Waals surface area contributed by atoms with Gasteiger partial charge in [0.2, 0.25) is 0 Å². The Morgan fingerprint density at radius 3 is 2.77 bits per heavy atom. The summed E-state index contributed by atoms with van der Waals surface area (Å²) in [5, 5.41) is 18.1. The van der Waals surface area contributed by atoms with Crippen LogP contribution in [0.15, 0.2) is 48.8 Å². The van der Waals surface area contributed by atoms with Crippen LogP contribution in [0, 0.1) is 22.9 Å². The Morgan fingerprint density at radius 2 is 2.03 bits per heavy atom. The number of nitrogens with one attached hydrogen (secondary N) is 1. The van der Waals surface area contributed by atoms with Crippen LogP contribution >= 0.6 is 11.6 Å². The molecule has 0 spiro atoms. The molecule has 4 aromatic rings. The normalized spacial score (nSPS) is 10.9. The standard InChI is InChI=1S/C19H14ClFN6O3/c1-11-6-18(26-19(25-11)23-10-24-26)22-9-12-2-4-17(15(21)7-12)30-16-5-3-13(27(28)29)8-14(16)20/h2-8,10,22H,9H2,1H3. The Labute approximate surface area is 174 Å². The molecule has 0 aliphatic carbocycles. The average molecular weight is 429 g/mol. The molecule has 0 fully saturated rings. The van der Waals surface area contributed by atoms with E-state index in [0.717, 1.165) is 11.8 Å². The van der Waals surface area contributed by atoms with E-state index < -0.39 is 10.7 Å². The zero-order valence-corrected chi connectivity index (χ0v) is 16.3. The summed E-state index contributed by atoms with van der Waals surface area (Å²) in [5.41, 5.74) is 1.26. The molecule has 0 atom stereocenters. The maximum Gasteiger partial charge on any atom is 0.271 e. The van der Waals surface area contributed by atoms with Gasteiger partial charge in [-0.3, -0.25) is 10.1 Å². The lowest BCUT2D eigenvalue weighted by molar-refractivity contribution is -0.384. The van der Waals surface area contributed by atoms with Crippen molar-refractivity contribution in [1.29, 1.82) is 0 Å². The molecule has 0 radical (unpaired) electrons. The second-order valence-electron chi connectivity index (χ2n) is 6.35. The molecule has 9 nitrogen and oxygen atoms in total. The third-order valence-electron chi connectivity index (χ3n) is 4.20. The van der Waals surface area contributed by atoms with Gasteiger partial charge in [-0.05, 0) is 30.7 Å². The maximum atomic E-state index is 14.5. The van der Waals surface area contributed by atoms with Crippen LogP contribution in [0.3, 0.4) is 0 Å². The van der Waals surface area contributed by atoms with E-state index in [-0.39, 0.29) is 22.2 Å². The van der Waals surface area contributed by atoms with Gasteiger partial charge in [-0.2, -0.15) is 14.6 Å². The highest BCUT2D eigenvalue weighted by atomic mass is 35.5. The Balaban J connectivity index is 1.49. The predicted octanol–water partition coefficient (Wildman–Crippen LogP) is 4.54. The lowest BCUT2D eigenvalue weighted by Crippen LogP contribution is -2.07. The summed E-state index contributed by atoms with van der Waals surface area (Å²) in [6.45, 7) is 2.17. The molecule has 1 N–H and O–H groups in total. The Morgan fingerprint density at radius 1 is 1.23 bits per heavy atom. The minimum absolute atomic E-state index is 0.0132. The molecule has 0 unspecified atom stereocenters. The van der Waals surface area contributed by atoms with Crippen molar-refractivity contribution in [2.45, 2.75) is 13.5 Å². The number of hydrogen-bond acceptors (Lipinski definition) is 7. The van der Waals surface area contributed by atoms with Gasteiger partial charge in [-0.25, -0.2) is 9.37 Å². The fourth-order valence-corrected chi connectivity index (χ4v) is 3.00. The summed E-state index contributed by atoms with van der Waals surface area (Å²) in [6.07, 6.45) is 1.40. The average Bonchev–Trinajstić information content (AvgIpc) is 3.17. The first kappa shape index (κ1) is 19.5. The predicted molar refractivity (Wildman–Crippen MR) is 107 cm³/mol. The topological polar surface area (TPSA) is 107 Å². The van der Waals surface area contributed by atoms with Crippen molar-refractivity contribution in [3.8, 4) is 11.5 Å². The van der Waals surface area contributed by atoms with E-state index in [1.165, 1.54) is 30.6 Å². The monoisotopic (exact) mass is 428 g/mol. The summed E-state index contributed by atoms with van der Waals surface area (Å²) < 4.78 is 21.6. The van der Waals surface area contributed by atoms with Crippen molar-refractivity contribution in [1.82, 2.24) is 19.6 Å².